The van der Waals surface area contributed by atoms with Gasteiger partial charge in [0, 0.05) is 24.7 Å². The molecule has 1 saturated carbocycles. The summed E-state index contributed by atoms with van der Waals surface area (Å²) in [5, 5.41) is 18.7. The Morgan fingerprint density at radius 2 is 1.78 bits per heavy atom. The van der Waals surface area contributed by atoms with Crippen LogP contribution >= 0.6 is 0 Å². The molecule has 2 aromatic carbocycles. The molecule has 5 rings (SSSR count). The van der Waals surface area contributed by atoms with Crippen LogP contribution < -0.4 is 10.1 Å². The largest absolute Gasteiger partial charge is 0.484 e. The minimum atomic E-state index is -0.909. The van der Waals surface area contributed by atoms with E-state index in [0.29, 0.717) is 24.4 Å². The van der Waals surface area contributed by atoms with Crippen LogP contribution in [0.25, 0.3) is 0 Å². The maximum atomic E-state index is 13.3. The average Bonchev–Trinajstić information content (AvgIpc) is 3.35. The third kappa shape index (κ3) is 5.14. The summed E-state index contributed by atoms with van der Waals surface area (Å²) >= 11 is 0. The quantitative estimate of drug-likeness (QED) is 0.530. The van der Waals surface area contributed by atoms with Crippen molar-refractivity contribution in [1.82, 2.24) is 14.7 Å². The van der Waals surface area contributed by atoms with Crippen LogP contribution in [0, 0.1) is 5.92 Å². The van der Waals surface area contributed by atoms with Crippen molar-refractivity contribution in [2.45, 2.75) is 50.3 Å². The molecule has 2 heterocycles. The molecule has 1 aromatic heterocycles. The maximum absolute atomic E-state index is 13.3. The van der Waals surface area contributed by atoms with Crippen molar-refractivity contribution < 1.29 is 19.4 Å². The Kier molecular flexibility index (Phi) is 7.04. The molecule has 2 fully saturated rings. The van der Waals surface area contributed by atoms with E-state index in [1.54, 1.807) is 23.0 Å². The van der Waals surface area contributed by atoms with E-state index in [4.69, 9.17) is 4.74 Å². The van der Waals surface area contributed by atoms with Crippen LogP contribution in [0.3, 0.4) is 0 Å². The molecule has 3 atom stereocenters. The number of carbonyl (C=O) groups is 2. The number of hydrogen-bond donors (Lipinski definition) is 2. The fourth-order valence-electron chi connectivity index (χ4n) is 5.69. The summed E-state index contributed by atoms with van der Waals surface area (Å²) in [5.41, 5.74) is 0.545. The molecule has 2 N–H and O–H groups in total. The Bertz CT molecular complexity index is 1180. The molecule has 2 aliphatic rings. The van der Waals surface area contributed by atoms with E-state index in [1.807, 2.05) is 53.4 Å². The topological polar surface area (TPSA) is 96.7 Å². The number of para-hydroxylation sites is 1. The van der Waals surface area contributed by atoms with Crippen molar-refractivity contribution >= 4 is 17.5 Å². The molecule has 188 valence electrons. The molecule has 0 bridgehead atoms. The first kappa shape index (κ1) is 24.1. The van der Waals surface area contributed by atoms with Gasteiger partial charge in [0.1, 0.15) is 12.3 Å². The summed E-state index contributed by atoms with van der Waals surface area (Å²) in [6.45, 7) is 0.478. The number of nitrogens with zero attached hydrogens (tertiary/aromatic N) is 3. The summed E-state index contributed by atoms with van der Waals surface area (Å²) in [7, 11) is 0. The van der Waals surface area contributed by atoms with Gasteiger partial charge in [-0.15, -0.1) is 0 Å². The Balaban J connectivity index is 1.20. The van der Waals surface area contributed by atoms with Gasteiger partial charge in [-0.25, -0.2) is 0 Å². The lowest BCUT2D eigenvalue weighted by Crippen LogP contribution is -2.59. The molecule has 1 saturated heterocycles. The normalized spacial score (nSPS) is 23.5. The first-order valence-electron chi connectivity index (χ1n) is 12.6. The second kappa shape index (κ2) is 10.5. The Hall–Kier alpha value is -3.65. The fraction of sp³-hybridized carbons (Fsp3) is 0.393. The van der Waals surface area contributed by atoms with Crippen LogP contribution in [0.4, 0.5) is 5.69 Å². The van der Waals surface area contributed by atoms with Crippen LogP contribution in [0.2, 0.25) is 0 Å². The SMILES string of the molecule is O=C(COc1ccccc1)Nc1cnn(CC(=O)N2CC[C@](O)(c3ccccc3)[C@@H]3CCCC[C@@H]32)c1. The number of aliphatic hydroxyl groups is 1. The van der Waals surface area contributed by atoms with Gasteiger partial charge in [0.05, 0.1) is 17.5 Å². The van der Waals surface area contributed by atoms with E-state index in [9.17, 15) is 14.7 Å². The van der Waals surface area contributed by atoms with E-state index < -0.39 is 5.60 Å². The number of fused-ring (bicyclic) bond motifs is 1. The van der Waals surface area contributed by atoms with Crippen LogP contribution in [-0.4, -0.2) is 50.8 Å². The third-order valence-electron chi connectivity index (χ3n) is 7.40. The molecule has 8 heteroatoms. The number of rotatable bonds is 7. The monoisotopic (exact) mass is 488 g/mol. The molecule has 2 amide bonds. The van der Waals surface area contributed by atoms with Gasteiger partial charge >= 0.3 is 0 Å². The number of benzene rings is 2. The van der Waals surface area contributed by atoms with Gasteiger partial charge in [0.2, 0.25) is 5.91 Å². The molecule has 0 radical (unpaired) electrons. The molecular weight excluding hydrogens is 456 g/mol. The fourth-order valence-corrected chi connectivity index (χ4v) is 5.69. The number of piperidine rings is 1. The van der Waals surface area contributed by atoms with Crippen LogP contribution in [-0.2, 0) is 21.7 Å². The standard InChI is InChI=1S/C28H32N4O4/c33-26(20-36-23-11-5-2-6-12-23)30-22-17-29-31(18-22)19-27(34)32-16-15-28(35,21-9-3-1-4-10-21)24-13-7-8-14-25(24)32/h1-6,9-12,17-18,24-25,35H,7-8,13-16,19-20H2,(H,30,33)/t24-,25+,28+/m1/s1. The summed E-state index contributed by atoms with van der Waals surface area (Å²) in [5.74, 6) is 0.320. The molecule has 36 heavy (non-hydrogen) atoms. The highest BCUT2D eigenvalue weighted by atomic mass is 16.5. The molecule has 0 unspecified atom stereocenters. The van der Waals surface area contributed by atoms with Gasteiger partial charge in [0.15, 0.2) is 6.61 Å². The van der Waals surface area contributed by atoms with E-state index >= 15 is 0 Å². The molecule has 3 aromatic rings. The highest BCUT2D eigenvalue weighted by Gasteiger charge is 2.50. The minimum Gasteiger partial charge on any atom is -0.484 e. The third-order valence-corrected chi connectivity index (χ3v) is 7.40. The number of nitrogens with one attached hydrogen (secondary N) is 1. The minimum absolute atomic E-state index is 0.00933. The Labute approximate surface area is 210 Å². The number of likely N-dealkylation sites (tertiary alicyclic amines) is 1. The summed E-state index contributed by atoms with van der Waals surface area (Å²) < 4.78 is 7.02. The zero-order valence-corrected chi connectivity index (χ0v) is 20.3. The van der Waals surface area contributed by atoms with Gasteiger partial charge < -0.3 is 20.1 Å². The summed E-state index contributed by atoms with van der Waals surface area (Å²) in [6, 6.07) is 19.0. The van der Waals surface area contributed by atoms with Gasteiger partial charge in [-0.1, -0.05) is 61.4 Å². The first-order valence-corrected chi connectivity index (χ1v) is 12.6. The van der Waals surface area contributed by atoms with Gasteiger partial charge in [-0.2, -0.15) is 5.10 Å². The van der Waals surface area contributed by atoms with Crippen molar-refractivity contribution in [3.63, 3.8) is 0 Å². The molecular formula is C28H32N4O4. The Morgan fingerprint density at radius 1 is 1.06 bits per heavy atom. The first-order chi connectivity index (χ1) is 17.5. The number of ether oxygens (including phenoxy) is 1. The summed E-state index contributed by atoms with van der Waals surface area (Å²) in [6.07, 6.45) is 7.62. The maximum Gasteiger partial charge on any atom is 0.262 e. The lowest BCUT2D eigenvalue weighted by Gasteiger charge is -2.52. The Morgan fingerprint density at radius 3 is 2.56 bits per heavy atom. The predicted molar refractivity (Wildman–Crippen MR) is 135 cm³/mol. The van der Waals surface area contributed by atoms with Gasteiger partial charge in [-0.05, 0) is 37.0 Å². The molecule has 8 nitrogen and oxygen atoms in total. The zero-order chi connectivity index (χ0) is 25.0. The predicted octanol–water partition coefficient (Wildman–Crippen LogP) is 3.58. The number of amides is 2. The van der Waals surface area contributed by atoms with E-state index in [0.717, 1.165) is 31.2 Å². The number of hydrogen-bond acceptors (Lipinski definition) is 5. The van der Waals surface area contributed by atoms with Crippen molar-refractivity contribution in [2.24, 2.45) is 5.92 Å². The smallest absolute Gasteiger partial charge is 0.262 e. The summed E-state index contributed by atoms with van der Waals surface area (Å²) in [4.78, 5) is 27.5. The highest BCUT2D eigenvalue weighted by Crippen LogP contribution is 2.46. The number of aromatic nitrogens is 2. The van der Waals surface area contributed by atoms with E-state index in [2.05, 4.69) is 10.4 Å². The second-order valence-electron chi connectivity index (χ2n) is 9.66. The number of anilines is 1. The van der Waals surface area contributed by atoms with Crippen molar-refractivity contribution in [1.29, 1.82) is 0 Å². The second-order valence-corrected chi connectivity index (χ2v) is 9.66. The van der Waals surface area contributed by atoms with Crippen LogP contribution in [0.5, 0.6) is 5.75 Å². The lowest BCUT2D eigenvalue weighted by atomic mass is 9.66. The van der Waals surface area contributed by atoms with Crippen molar-refractivity contribution in [3.8, 4) is 5.75 Å². The molecule has 0 spiro atoms. The van der Waals surface area contributed by atoms with Gasteiger partial charge in [0.25, 0.3) is 5.91 Å². The number of carbonyl (C=O) groups excluding carboxylic acids is 2. The van der Waals surface area contributed by atoms with Crippen LogP contribution in [0.15, 0.2) is 73.1 Å². The van der Waals surface area contributed by atoms with Crippen molar-refractivity contribution in [2.75, 3.05) is 18.5 Å². The molecule has 1 aliphatic carbocycles. The van der Waals surface area contributed by atoms with E-state index in [1.165, 1.54) is 6.20 Å². The van der Waals surface area contributed by atoms with Crippen molar-refractivity contribution in [3.05, 3.63) is 78.6 Å². The lowest BCUT2D eigenvalue weighted by molar-refractivity contribution is -0.155. The average molecular weight is 489 g/mol. The van der Waals surface area contributed by atoms with Gasteiger partial charge in [-0.3, -0.25) is 14.3 Å². The highest BCUT2D eigenvalue weighted by molar-refractivity contribution is 5.91. The van der Waals surface area contributed by atoms with Crippen LogP contribution in [0.1, 0.15) is 37.7 Å². The zero-order valence-electron chi connectivity index (χ0n) is 20.3. The van der Waals surface area contributed by atoms with E-state index in [-0.39, 0.29) is 36.9 Å². The molecule has 1 aliphatic heterocycles.